The van der Waals surface area contributed by atoms with Gasteiger partial charge in [-0.05, 0) is 44.0 Å². The van der Waals surface area contributed by atoms with Crippen LogP contribution in [-0.2, 0) is 0 Å². The molecule has 0 fully saturated rings. The van der Waals surface area contributed by atoms with Crippen LogP contribution in [0.5, 0.6) is 0 Å². The number of primary amides is 1. The Morgan fingerprint density at radius 3 is 2.69 bits per heavy atom. The Balaban J connectivity index is 2.65. The lowest BCUT2D eigenvalue weighted by molar-refractivity contribution is 0.0999. The molecule has 1 aromatic heterocycles. The zero-order valence-electron chi connectivity index (χ0n) is 8.02. The minimum Gasteiger partial charge on any atom is -0.365 e. The minimum atomic E-state index is -0.492. The first-order valence-corrected chi connectivity index (χ1v) is 5.97. The van der Waals surface area contributed by atoms with Gasteiger partial charge in [0.1, 0.15) is 0 Å². The summed E-state index contributed by atoms with van der Waals surface area (Å²) in [5.41, 5.74) is 6.40. The zero-order valence-corrected chi connectivity index (χ0v) is 11.2. The Labute approximate surface area is 109 Å². The Bertz CT molecular complexity index is 551. The van der Waals surface area contributed by atoms with Crippen LogP contribution < -0.4 is 5.73 Å². The number of hydrogen-bond acceptors (Lipinski definition) is 2. The van der Waals surface area contributed by atoms with E-state index < -0.39 is 5.91 Å². The molecule has 0 atom stereocenters. The summed E-state index contributed by atoms with van der Waals surface area (Å²) in [6, 6.07) is 5.37. The smallest absolute Gasteiger partial charge is 0.252 e. The molecule has 82 valence electrons. The maximum absolute atomic E-state index is 11.4. The third kappa shape index (κ3) is 2.03. The molecule has 1 aromatic carbocycles. The van der Waals surface area contributed by atoms with Crippen molar-refractivity contribution >= 4 is 37.8 Å². The maximum Gasteiger partial charge on any atom is 0.252 e. The van der Waals surface area contributed by atoms with Crippen LogP contribution >= 0.6 is 31.9 Å². The molecule has 0 bridgehead atoms. The summed E-state index contributed by atoms with van der Waals surface area (Å²) < 4.78 is 3.08. The zero-order chi connectivity index (χ0) is 11.7. The molecule has 0 aliphatic heterocycles. The molecule has 2 aromatic rings. The van der Waals surface area contributed by atoms with Crippen LogP contribution in [0.3, 0.4) is 0 Å². The lowest BCUT2D eigenvalue weighted by Crippen LogP contribution is -2.15. The van der Waals surface area contributed by atoms with Crippen LogP contribution in [0.25, 0.3) is 5.69 Å². The number of aromatic nitrogens is 2. The number of nitrogens with zero attached hydrogens (tertiary/aromatic N) is 2. The first kappa shape index (κ1) is 11.3. The molecule has 0 radical (unpaired) electrons. The number of amides is 1. The van der Waals surface area contributed by atoms with Gasteiger partial charge in [-0.1, -0.05) is 6.07 Å². The Hall–Kier alpha value is -1.14. The van der Waals surface area contributed by atoms with Crippen LogP contribution in [0.4, 0.5) is 0 Å². The van der Waals surface area contributed by atoms with Crippen molar-refractivity contribution in [1.82, 2.24) is 9.78 Å². The topological polar surface area (TPSA) is 60.9 Å². The van der Waals surface area contributed by atoms with Crippen molar-refractivity contribution in [3.8, 4) is 5.69 Å². The van der Waals surface area contributed by atoms with E-state index in [1.165, 1.54) is 0 Å². The number of carbonyl (C=O) groups excluding carboxylic acids is 1. The summed E-state index contributed by atoms with van der Waals surface area (Å²) in [5.74, 6) is -0.492. The lowest BCUT2D eigenvalue weighted by Gasteiger charge is -2.08. The summed E-state index contributed by atoms with van der Waals surface area (Å²) in [6.45, 7) is 0. The molecule has 2 N–H and O–H groups in total. The molecule has 6 heteroatoms. The maximum atomic E-state index is 11.4. The molecule has 1 heterocycles. The van der Waals surface area contributed by atoms with E-state index in [0.29, 0.717) is 15.7 Å². The predicted octanol–water partition coefficient (Wildman–Crippen LogP) is 2.50. The fourth-order valence-corrected chi connectivity index (χ4v) is 2.22. The van der Waals surface area contributed by atoms with Crippen molar-refractivity contribution < 1.29 is 4.79 Å². The van der Waals surface area contributed by atoms with Crippen LogP contribution in [0.2, 0.25) is 0 Å². The van der Waals surface area contributed by atoms with E-state index in [0.717, 1.165) is 4.47 Å². The van der Waals surface area contributed by atoms with Crippen LogP contribution in [0.15, 0.2) is 39.5 Å². The summed E-state index contributed by atoms with van der Waals surface area (Å²) in [7, 11) is 0. The SMILES string of the molecule is NC(=O)c1c(Br)cccc1-n1cc(Br)cn1. The van der Waals surface area contributed by atoms with Crippen molar-refractivity contribution in [2.24, 2.45) is 5.73 Å². The van der Waals surface area contributed by atoms with E-state index >= 15 is 0 Å². The van der Waals surface area contributed by atoms with Gasteiger partial charge in [-0.25, -0.2) is 4.68 Å². The molecule has 0 saturated carbocycles. The quantitative estimate of drug-likeness (QED) is 0.909. The van der Waals surface area contributed by atoms with Gasteiger partial charge in [0, 0.05) is 10.7 Å². The van der Waals surface area contributed by atoms with Crippen molar-refractivity contribution in [3.05, 3.63) is 45.1 Å². The van der Waals surface area contributed by atoms with Crippen molar-refractivity contribution in [3.63, 3.8) is 0 Å². The lowest BCUT2D eigenvalue weighted by atomic mass is 10.1. The van der Waals surface area contributed by atoms with Gasteiger partial charge in [-0.15, -0.1) is 0 Å². The van der Waals surface area contributed by atoms with E-state index in [-0.39, 0.29) is 0 Å². The first-order valence-electron chi connectivity index (χ1n) is 4.38. The van der Waals surface area contributed by atoms with Gasteiger partial charge in [0.05, 0.1) is 21.9 Å². The molecule has 1 amide bonds. The second kappa shape index (κ2) is 4.39. The van der Waals surface area contributed by atoms with Crippen molar-refractivity contribution in [2.75, 3.05) is 0 Å². The third-order valence-electron chi connectivity index (χ3n) is 2.04. The Kier molecular flexibility index (Phi) is 3.11. The van der Waals surface area contributed by atoms with Gasteiger partial charge in [0.2, 0.25) is 0 Å². The van der Waals surface area contributed by atoms with Gasteiger partial charge in [0.15, 0.2) is 0 Å². The molecule has 16 heavy (non-hydrogen) atoms. The average molecular weight is 345 g/mol. The van der Waals surface area contributed by atoms with Gasteiger partial charge in [-0.3, -0.25) is 4.79 Å². The summed E-state index contributed by atoms with van der Waals surface area (Å²) >= 11 is 6.60. The molecular formula is C10H7Br2N3O. The summed E-state index contributed by atoms with van der Waals surface area (Å²) in [6.07, 6.45) is 3.40. The fraction of sp³-hybridized carbons (Fsp3) is 0. The van der Waals surface area contributed by atoms with E-state index in [2.05, 4.69) is 37.0 Å². The highest BCUT2D eigenvalue weighted by molar-refractivity contribution is 9.10. The first-order chi connectivity index (χ1) is 7.59. The van der Waals surface area contributed by atoms with Crippen LogP contribution in [0, 0.1) is 0 Å². The van der Waals surface area contributed by atoms with Crippen LogP contribution in [-0.4, -0.2) is 15.7 Å². The van der Waals surface area contributed by atoms with Crippen molar-refractivity contribution in [2.45, 2.75) is 0 Å². The molecule has 0 saturated heterocycles. The fourth-order valence-electron chi connectivity index (χ4n) is 1.38. The number of hydrogen-bond donors (Lipinski definition) is 1. The largest absolute Gasteiger partial charge is 0.365 e. The van der Waals surface area contributed by atoms with Gasteiger partial charge in [0.25, 0.3) is 5.91 Å². The molecule has 0 aliphatic carbocycles. The molecule has 0 spiro atoms. The molecule has 2 rings (SSSR count). The van der Waals surface area contributed by atoms with Crippen molar-refractivity contribution in [1.29, 1.82) is 0 Å². The van der Waals surface area contributed by atoms with E-state index in [1.807, 2.05) is 6.07 Å². The normalized spacial score (nSPS) is 10.4. The van der Waals surface area contributed by atoms with E-state index in [9.17, 15) is 4.79 Å². The number of benzene rings is 1. The van der Waals surface area contributed by atoms with Gasteiger partial charge >= 0.3 is 0 Å². The second-order valence-electron chi connectivity index (χ2n) is 3.10. The number of nitrogens with two attached hydrogens (primary N) is 1. The predicted molar refractivity (Wildman–Crippen MR) is 67.5 cm³/mol. The Morgan fingerprint density at radius 1 is 1.38 bits per heavy atom. The molecule has 4 nitrogen and oxygen atoms in total. The third-order valence-corrected chi connectivity index (χ3v) is 3.11. The molecular weight excluding hydrogens is 338 g/mol. The summed E-state index contributed by atoms with van der Waals surface area (Å²) in [4.78, 5) is 11.4. The van der Waals surface area contributed by atoms with E-state index in [1.54, 1.807) is 29.2 Å². The number of halogens is 2. The highest BCUT2D eigenvalue weighted by atomic mass is 79.9. The minimum absolute atomic E-state index is 0.415. The van der Waals surface area contributed by atoms with Crippen LogP contribution in [0.1, 0.15) is 10.4 Å². The summed E-state index contributed by atoms with van der Waals surface area (Å²) in [5, 5.41) is 4.11. The second-order valence-corrected chi connectivity index (χ2v) is 4.87. The highest BCUT2D eigenvalue weighted by Gasteiger charge is 2.14. The molecule has 0 aliphatic rings. The average Bonchev–Trinajstić information content (AvgIpc) is 2.63. The monoisotopic (exact) mass is 343 g/mol. The molecule has 0 unspecified atom stereocenters. The standard InChI is InChI=1S/C10H7Br2N3O/c11-6-4-14-15(5-6)8-3-1-2-7(12)9(8)10(13)16/h1-5H,(H2,13,16). The Morgan fingerprint density at radius 2 is 2.12 bits per heavy atom. The highest BCUT2D eigenvalue weighted by Crippen LogP contribution is 2.23. The number of carbonyl (C=O) groups is 1. The van der Waals surface area contributed by atoms with E-state index in [4.69, 9.17) is 5.73 Å². The number of rotatable bonds is 2. The van der Waals surface area contributed by atoms with Gasteiger partial charge in [-0.2, -0.15) is 5.10 Å². The van der Waals surface area contributed by atoms with Gasteiger partial charge < -0.3 is 5.73 Å².